The lowest BCUT2D eigenvalue weighted by atomic mass is 9.95. The number of carbonyl (C=O) groups excluding carboxylic acids is 1. The number of ether oxygens (including phenoxy) is 1. The maximum absolute atomic E-state index is 12.2. The van der Waals surface area contributed by atoms with Crippen molar-refractivity contribution in [3.8, 4) is 0 Å². The van der Waals surface area contributed by atoms with Gasteiger partial charge in [-0.3, -0.25) is 4.79 Å². The molecule has 2 rings (SSSR count). The third-order valence-electron chi connectivity index (χ3n) is 4.78. The number of nitrogens with zero attached hydrogens (tertiary/aromatic N) is 1. The minimum atomic E-state index is -3.15. The predicted octanol–water partition coefficient (Wildman–Crippen LogP) is 2.73. The SMILES string of the molecule is CCCCS(=O)(=O)N1CCC(C(=O)OCC2CC=CCC2)CC1. The van der Waals surface area contributed by atoms with Gasteiger partial charge in [0.05, 0.1) is 18.3 Å². The van der Waals surface area contributed by atoms with E-state index < -0.39 is 10.0 Å². The van der Waals surface area contributed by atoms with Gasteiger partial charge in [0.15, 0.2) is 0 Å². The van der Waals surface area contributed by atoms with Crippen molar-refractivity contribution in [2.45, 2.75) is 51.9 Å². The summed E-state index contributed by atoms with van der Waals surface area (Å²) in [7, 11) is -3.15. The topological polar surface area (TPSA) is 63.7 Å². The smallest absolute Gasteiger partial charge is 0.309 e. The van der Waals surface area contributed by atoms with Crippen molar-refractivity contribution < 1.29 is 17.9 Å². The average Bonchev–Trinajstić information content (AvgIpc) is 2.59. The molecule has 0 spiro atoms. The van der Waals surface area contributed by atoms with Crippen LogP contribution in [0.5, 0.6) is 0 Å². The minimum Gasteiger partial charge on any atom is -0.465 e. The van der Waals surface area contributed by atoms with E-state index in [0.717, 1.165) is 25.7 Å². The van der Waals surface area contributed by atoms with E-state index in [0.29, 0.717) is 44.9 Å². The van der Waals surface area contributed by atoms with Crippen LogP contribution >= 0.6 is 0 Å². The van der Waals surface area contributed by atoms with E-state index in [1.54, 1.807) is 4.31 Å². The summed E-state index contributed by atoms with van der Waals surface area (Å²) in [6, 6.07) is 0. The first-order chi connectivity index (χ1) is 11.0. The Hall–Kier alpha value is -0.880. The maximum atomic E-state index is 12.2. The van der Waals surface area contributed by atoms with Crippen LogP contribution in [0.15, 0.2) is 12.2 Å². The molecule has 5 nitrogen and oxygen atoms in total. The quantitative estimate of drug-likeness (QED) is 0.527. The molecule has 0 aromatic rings. The Labute approximate surface area is 140 Å². The fourth-order valence-electron chi connectivity index (χ4n) is 3.15. The molecule has 1 atom stereocenters. The molecule has 23 heavy (non-hydrogen) atoms. The fraction of sp³-hybridized carbons (Fsp3) is 0.824. The summed E-state index contributed by atoms with van der Waals surface area (Å²) >= 11 is 0. The number of piperidine rings is 1. The minimum absolute atomic E-state index is 0.147. The number of carbonyl (C=O) groups is 1. The van der Waals surface area contributed by atoms with Gasteiger partial charge in [0.1, 0.15) is 0 Å². The summed E-state index contributed by atoms with van der Waals surface area (Å²) in [6.45, 7) is 3.37. The molecule has 1 aliphatic heterocycles. The molecule has 1 saturated heterocycles. The molecule has 1 fully saturated rings. The van der Waals surface area contributed by atoms with Gasteiger partial charge in [-0.2, -0.15) is 0 Å². The molecule has 0 radical (unpaired) electrons. The van der Waals surface area contributed by atoms with Crippen LogP contribution in [0.3, 0.4) is 0 Å². The number of hydrogen-bond donors (Lipinski definition) is 0. The van der Waals surface area contributed by atoms with Gasteiger partial charge in [-0.15, -0.1) is 0 Å². The molecule has 1 aliphatic carbocycles. The van der Waals surface area contributed by atoms with E-state index in [4.69, 9.17) is 4.74 Å². The Kier molecular flexibility index (Phi) is 7.09. The highest BCUT2D eigenvalue weighted by Gasteiger charge is 2.31. The molecule has 0 N–H and O–H groups in total. The van der Waals surface area contributed by atoms with Crippen molar-refractivity contribution in [2.75, 3.05) is 25.4 Å². The van der Waals surface area contributed by atoms with Crippen molar-refractivity contribution in [1.82, 2.24) is 4.31 Å². The monoisotopic (exact) mass is 343 g/mol. The van der Waals surface area contributed by atoms with Crippen LogP contribution in [0, 0.1) is 11.8 Å². The lowest BCUT2D eigenvalue weighted by Crippen LogP contribution is -2.41. The van der Waals surface area contributed by atoms with E-state index in [1.807, 2.05) is 6.92 Å². The van der Waals surface area contributed by atoms with Crippen molar-refractivity contribution >= 4 is 16.0 Å². The van der Waals surface area contributed by atoms with Crippen molar-refractivity contribution in [1.29, 1.82) is 0 Å². The van der Waals surface area contributed by atoms with Gasteiger partial charge >= 0.3 is 5.97 Å². The number of rotatable bonds is 7. The Morgan fingerprint density at radius 1 is 1.22 bits per heavy atom. The van der Waals surface area contributed by atoms with E-state index in [1.165, 1.54) is 0 Å². The van der Waals surface area contributed by atoms with Gasteiger partial charge in [0.2, 0.25) is 10.0 Å². The lowest BCUT2D eigenvalue weighted by molar-refractivity contribution is -0.151. The van der Waals surface area contributed by atoms with Crippen molar-refractivity contribution in [2.24, 2.45) is 11.8 Å². The van der Waals surface area contributed by atoms with E-state index in [2.05, 4.69) is 12.2 Å². The molecule has 0 aromatic heterocycles. The Morgan fingerprint density at radius 2 is 1.96 bits per heavy atom. The summed E-state index contributed by atoms with van der Waals surface area (Å²) in [5, 5.41) is 0. The van der Waals surface area contributed by atoms with E-state index in [9.17, 15) is 13.2 Å². The van der Waals surface area contributed by atoms with Crippen LogP contribution in [-0.2, 0) is 19.6 Å². The second-order valence-corrected chi connectivity index (χ2v) is 8.71. The van der Waals surface area contributed by atoms with Crippen LogP contribution in [0.25, 0.3) is 0 Å². The first kappa shape index (κ1) is 18.5. The van der Waals surface area contributed by atoms with Gasteiger partial charge in [-0.25, -0.2) is 12.7 Å². The summed E-state index contributed by atoms with van der Waals surface area (Å²) < 4.78 is 31.3. The number of allylic oxidation sites excluding steroid dienone is 2. The number of unbranched alkanes of at least 4 members (excludes halogenated alkanes) is 1. The predicted molar refractivity (Wildman–Crippen MR) is 90.4 cm³/mol. The second kappa shape index (κ2) is 8.83. The molecule has 6 heteroatoms. The zero-order valence-electron chi connectivity index (χ0n) is 14.1. The molecule has 1 heterocycles. The van der Waals surface area contributed by atoms with E-state index >= 15 is 0 Å². The molecule has 132 valence electrons. The normalized spacial score (nSPS) is 23.8. The van der Waals surface area contributed by atoms with Crippen molar-refractivity contribution in [3.05, 3.63) is 12.2 Å². The van der Waals surface area contributed by atoms with Crippen LogP contribution in [0.4, 0.5) is 0 Å². The highest BCUT2D eigenvalue weighted by Crippen LogP contribution is 2.23. The van der Waals surface area contributed by atoms with Crippen LogP contribution in [0.1, 0.15) is 51.9 Å². The third kappa shape index (κ3) is 5.60. The number of sulfonamides is 1. The zero-order valence-corrected chi connectivity index (χ0v) is 14.9. The molecule has 2 aliphatic rings. The third-order valence-corrected chi connectivity index (χ3v) is 6.73. The first-order valence-electron chi connectivity index (χ1n) is 8.82. The van der Waals surface area contributed by atoms with Gasteiger partial charge in [-0.1, -0.05) is 25.5 Å². The highest BCUT2D eigenvalue weighted by atomic mass is 32.2. The largest absolute Gasteiger partial charge is 0.465 e. The van der Waals surface area contributed by atoms with E-state index in [-0.39, 0.29) is 17.6 Å². The molecule has 0 saturated carbocycles. The van der Waals surface area contributed by atoms with Gasteiger partial charge in [0.25, 0.3) is 0 Å². The maximum Gasteiger partial charge on any atom is 0.309 e. The standard InChI is InChI=1S/C17H29NO4S/c1-2-3-13-23(20,21)18-11-9-16(10-12-18)17(19)22-14-15-7-5-4-6-8-15/h4-5,15-16H,2-3,6-14H2,1H3. The van der Waals surface area contributed by atoms with Gasteiger partial charge in [-0.05, 0) is 44.4 Å². The molecule has 0 amide bonds. The van der Waals surface area contributed by atoms with Crippen molar-refractivity contribution in [3.63, 3.8) is 0 Å². The highest BCUT2D eigenvalue weighted by molar-refractivity contribution is 7.89. The fourth-order valence-corrected chi connectivity index (χ4v) is 4.83. The molecular formula is C17H29NO4S. The molecular weight excluding hydrogens is 314 g/mol. The molecule has 0 bridgehead atoms. The first-order valence-corrected chi connectivity index (χ1v) is 10.4. The summed E-state index contributed by atoms with van der Waals surface area (Å²) in [5.74, 6) is 0.365. The van der Waals surface area contributed by atoms with Crippen LogP contribution in [-0.4, -0.2) is 44.1 Å². The lowest BCUT2D eigenvalue weighted by Gasteiger charge is -2.30. The van der Waals surface area contributed by atoms with Gasteiger partial charge in [0, 0.05) is 13.1 Å². The van der Waals surface area contributed by atoms with Crippen LogP contribution in [0.2, 0.25) is 0 Å². The summed E-state index contributed by atoms with van der Waals surface area (Å²) in [4.78, 5) is 12.2. The number of hydrogen-bond acceptors (Lipinski definition) is 4. The zero-order chi connectivity index (χ0) is 16.7. The molecule has 0 aromatic carbocycles. The average molecular weight is 343 g/mol. The Balaban J connectivity index is 1.73. The summed E-state index contributed by atoms with van der Waals surface area (Å²) in [5.41, 5.74) is 0. The molecule has 1 unspecified atom stereocenters. The Bertz CT molecular complexity index is 507. The van der Waals surface area contributed by atoms with Crippen LogP contribution < -0.4 is 0 Å². The second-order valence-electron chi connectivity index (χ2n) is 6.62. The Morgan fingerprint density at radius 3 is 2.57 bits per heavy atom. The summed E-state index contributed by atoms with van der Waals surface area (Å²) in [6.07, 6.45) is 10.2. The van der Waals surface area contributed by atoms with Gasteiger partial charge < -0.3 is 4.74 Å². The number of esters is 1.